The number of aliphatic hydroxyl groups is 1. The number of nitrogens with zero attached hydrogens (tertiary/aromatic N) is 2. The number of carbonyl (C=O) groups is 4. The molecule has 170 valence electrons. The Balaban J connectivity index is 2.22. The van der Waals surface area contributed by atoms with Gasteiger partial charge in [0.1, 0.15) is 6.04 Å². The molecule has 1 aliphatic carbocycles. The molecular formula is C20H35N4O6+. The van der Waals surface area contributed by atoms with Gasteiger partial charge in [-0.05, 0) is 26.2 Å². The molecule has 1 aliphatic heterocycles. The van der Waals surface area contributed by atoms with Gasteiger partial charge in [0, 0.05) is 19.4 Å². The molecule has 1 saturated carbocycles. The van der Waals surface area contributed by atoms with Crippen molar-refractivity contribution >= 4 is 24.4 Å². The Morgan fingerprint density at radius 1 is 1.20 bits per heavy atom. The molecular weight excluding hydrogens is 392 g/mol. The molecule has 6 amide bonds. The predicted octanol–water partition coefficient (Wildman–Crippen LogP) is 1.36. The van der Waals surface area contributed by atoms with E-state index in [0.717, 1.165) is 25.7 Å². The number of carbonyl (C=O) groups excluding carboxylic acids is 4. The molecule has 10 nitrogen and oxygen atoms in total. The van der Waals surface area contributed by atoms with Crippen LogP contribution in [0, 0.1) is 11.8 Å². The van der Waals surface area contributed by atoms with Gasteiger partial charge in [-0.2, -0.15) is 4.48 Å². The van der Waals surface area contributed by atoms with E-state index in [0.29, 0.717) is 30.2 Å². The Morgan fingerprint density at radius 3 is 2.40 bits per heavy atom. The third-order valence-electron chi connectivity index (χ3n) is 6.39. The molecule has 0 aromatic rings. The number of urea groups is 2. The van der Waals surface area contributed by atoms with Gasteiger partial charge >= 0.3 is 18.0 Å². The summed E-state index contributed by atoms with van der Waals surface area (Å²) in [5.41, 5.74) is 0. The first-order valence-electron chi connectivity index (χ1n) is 10.8. The van der Waals surface area contributed by atoms with Gasteiger partial charge < -0.3 is 10.4 Å². The maximum Gasteiger partial charge on any atom is 0.432 e. The summed E-state index contributed by atoms with van der Waals surface area (Å²) in [5.74, 6) is -0.752. The minimum atomic E-state index is -0.769. The lowest BCUT2D eigenvalue weighted by Crippen LogP contribution is -2.66. The first-order valence-corrected chi connectivity index (χ1v) is 10.8. The lowest BCUT2D eigenvalue weighted by atomic mass is 9.91. The Bertz CT molecular complexity index is 637. The third-order valence-corrected chi connectivity index (χ3v) is 6.39. The minimum Gasteiger partial charge on any atom is -0.392 e. The molecule has 0 bridgehead atoms. The summed E-state index contributed by atoms with van der Waals surface area (Å²) in [6.07, 6.45) is 5.44. The molecule has 0 aromatic heterocycles. The summed E-state index contributed by atoms with van der Waals surface area (Å²) in [4.78, 5) is 49.9. The van der Waals surface area contributed by atoms with Crippen molar-refractivity contribution in [1.82, 2.24) is 15.7 Å². The predicted molar refractivity (Wildman–Crippen MR) is 107 cm³/mol. The Labute approximate surface area is 177 Å². The average molecular weight is 428 g/mol. The lowest BCUT2D eigenvalue weighted by molar-refractivity contribution is -0.786. The number of hydrogen-bond donors (Lipinski definition) is 4. The number of hydrogen-bond acceptors (Lipinski definition) is 6. The zero-order valence-electron chi connectivity index (χ0n) is 17.9. The second kappa shape index (κ2) is 10.8. The van der Waals surface area contributed by atoms with Crippen molar-refractivity contribution < 1.29 is 34.0 Å². The van der Waals surface area contributed by atoms with Crippen molar-refractivity contribution in [2.45, 2.75) is 70.9 Å². The van der Waals surface area contributed by atoms with Crippen LogP contribution in [0.2, 0.25) is 0 Å². The van der Waals surface area contributed by atoms with Gasteiger partial charge in [0.2, 0.25) is 6.41 Å². The van der Waals surface area contributed by atoms with Gasteiger partial charge in [-0.15, -0.1) is 0 Å². The minimum absolute atomic E-state index is 0.0221. The summed E-state index contributed by atoms with van der Waals surface area (Å²) >= 11 is 0. The van der Waals surface area contributed by atoms with Crippen LogP contribution in [-0.2, 0) is 9.59 Å². The van der Waals surface area contributed by atoms with Crippen LogP contribution in [0.25, 0.3) is 0 Å². The van der Waals surface area contributed by atoms with Crippen LogP contribution in [0.15, 0.2) is 0 Å². The SMILES string of the molecule is C[C@H](O)CNC(=O)NC(=O)[N+]1(C(=O)[C@H](CC2CCCC2)CN(O)C=O)CCC[C@H]1C. The van der Waals surface area contributed by atoms with E-state index in [1.807, 2.05) is 0 Å². The van der Waals surface area contributed by atoms with E-state index >= 15 is 0 Å². The van der Waals surface area contributed by atoms with Gasteiger partial charge in [0.05, 0.1) is 25.1 Å². The molecule has 1 unspecified atom stereocenters. The normalized spacial score (nSPS) is 26.1. The van der Waals surface area contributed by atoms with Crippen LogP contribution in [0.1, 0.15) is 58.8 Å². The number of aliphatic hydroxyl groups excluding tert-OH is 1. The Morgan fingerprint density at radius 2 is 1.87 bits per heavy atom. The van der Waals surface area contributed by atoms with E-state index in [1.165, 1.54) is 6.92 Å². The number of quaternary nitrogens is 1. The monoisotopic (exact) mass is 427 g/mol. The Hall–Kier alpha value is -2.04. The van der Waals surface area contributed by atoms with Crippen LogP contribution in [0.5, 0.6) is 0 Å². The molecule has 2 aliphatic rings. The smallest absolute Gasteiger partial charge is 0.392 e. The van der Waals surface area contributed by atoms with Gasteiger partial charge in [-0.1, -0.05) is 25.7 Å². The summed E-state index contributed by atoms with van der Waals surface area (Å²) in [5, 5.41) is 24.2. The lowest BCUT2D eigenvalue weighted by Gasteiger charge is -2.36. The van der Waals surface area contributed by atoms with E-state index in [-0.39, 0.29) is 38.0 Å². The zero-order chi connectivity index (χ0) is 22.3. The molecule has 30 heavy (non-hydrogen) atoms. The maximum atomic E-state index is 13.7. The van der Waals surface area contributed by atoms with Crippen molar-refractivity contribution in [1.29, 1.82) is 0 Å². The summed E-state index contributed by atoms with van der Waals surface area (Å²) in [6, 6.07) is -1.80. The van der Waals surface area contributed by atoms with Crippen LogP contribution in [-0.4, -0.2) is 76.0 Å². The molecule has 0 radical (unpaired) electrons. The number of imide groups is 2. The number of nitrogens with one attached hydrogen (secondary N) is 2. The standard InChI is InChI=1S/C20H34N4O6/c1-14-6-5-9-24(14,20(29)22-19(28)21-11-15(2)26)18(27)17(12-23(30)13-25)10-16-7-3-4-8-16/h13-17,26,30H,3-12H2,1-2H3,(H-,21,22,28,29)/p+1/t14-,15+,17-,24?/m1/s1. The summed E-state index contributed by atoms with van der Waals surface area (Å²) in [7, 11) is 0. The van der Waals surface area contributed by atoms with Crippen molar-refractivity contribution in [3.63, 3.8) is 0 Å². The molecule has 1 saturated heterocycles. The number of hydroxylamine groups is 2. The van der Waals surface area contributed by atoms with Gasteiger partial charge in [0.15, 0.2) is 0 Å². The summed E-state index contributed by atoms with van der Waals surface area (Å²) in [6.45, 7) is 3.38. The third kappa shape index (κ3) is 5.77. The molecule has 1 heterocycles. The average Bonchev–Trinajstić information content (AvgIpc) is 3.35. The van der Waals surface area contributed by atoms with E-state index in [9.17, 15) is 29.5 Å². The fourth-order valence-electron chi connectivity index (χ4n) is 4.78. The van der Waals surface area contributed by atoms with Crippen LogP contribution in [0.3, 0.4) is 0 Å². The van der Waals surface area contributed by atoms with E-state index < -0.39 is 28.6 Å². The highest BCUT2D eigenvalue weighted by Gasteiger charge is 2.55. The van der Waals surface area contributed by atoms with Crippen molar-refractivity contribution in [3.05, 3.63) is 0 Å². The largest absolute Gasteiger partial charge is 0.432 e. The summed E-state index contributed by atoms with van der Waals surface area (Å²) < 4.78 is -0.522. The second-order valence-corrected chi connectivity index (χ2v) is 8.72. The second-order valence-electron chi connectivity index (χ2n) is 8.72. The number of amides is 6. The molecule has 0 spiro atoms. The van der Waals surface area contributed by atoms with Crippen molar-refractivity contribution in [2.24, 2.45) is 11.8 Å². The van der Waals surface area contributed by atoms with Crippen LogP contribution in [0.4, 0.5) is 9.59 Å². The van der Waals surface area contributed by atoms with Crippen molar-refractivity contribution in [3.8, 4) is 0 Å². The molecule has 4 N–H and O–H groups in total. The van der Waals surface area contributed by atoms with E-state index in [4.69, 9.17) is 0 Å². The zero-order valence-corrected chi connectivity index (χ0v) is 17.9. The van der Waals surface area contributed by atoms with E-state index in [1.54, 1.807) is 6.92 Å². The Kier molecular flexibility index (Phi) is 8.75. The fourth-order valence-corrected chi connectivity index (χ4v) is 4.78. The first kappa shape index (κ1) is 24.2. The highest BCUT2D eigenvalue weighted by molar-refractivity contribution is 5.95. The fraction of sp³-hybridized carbons (Fsp3) is 0.800. The quantitative estimate of drug-likeness (QED) is 0.200. The topological polar surface area (TPSA) is 136 Å². The van der Waals surface area contributed by atoms with E-state index in [2.05, 4.69) is 10.6 Å². The molecule has 10 heteroatoms. The first-order chi connectivity index (χ1) is 14.2. The molecule has 2 rings (SSSR count). The maximum absolute atomic E-state index is 13.7. The number of likely N-dealkylation sites (tertiary alicyclic amines) is 1. The van der Waals surface area contributed by atoms with Gasteiger partial charge in [-0.3, -0.25) is 10.0 Å². The molecule has 2 fully saturated rings. The highest BCUT2D eigenvalue weighted by atomic mass is 16.5. The molecule has 4 atom stereocenters. The molecule has 0 aromatic carbocycles. The highest BCUT2D eigenvalue weighted by Crippen LogP contribution is 2.35. The van der Waals surface area contributed by atoms with Crippen LogP contribution >= 0.6 is 0 Å². The van der Waals surface area contributed by atoms with Crippen molar-refractivity contribution in [2.75, 3.05) is 19.6 Å². The van der Waals surface area contributed by atoms with Crippen LogP contribution < -0.4 is 10.6 Å². The number of rotatable bonds is 8. The van der Waals surface area contributed by atoms with Gasteiger partial charge in [-0.25, -0.2) is 24.8 Å². The van der Waals surface area contributed by atoms with Gasteiger partial charge in [0.25, 0.3) is 0 Å².